The van der Waals surface area contributed by atoms with E-state index >= 15 is 0 Å². The molecule has 5 heteroatoms. The average Bonchev–Trinajstić information content (AvgIpc) is 2.32. The molecule has 1 rings (SSSR count). The van der Waals surface area contributed by atoms with Crippen LogP contribution in [0.15, 0.2) is 18.2 Å². The van der Waals surface area contributed by atoms with E-state index in [2.05, 4.69) is 6.07 Å². The Hall–Kier alpha value is -2.06. The molecule has 2 N–H and O–H groups in total. The number of nitrogens with zero attached hydrogens (tertiary/aromatic N) is 2. The lowest BCUT2D eigenvalue weighted by Gasteiger charge is -2.16. The van der Waals surface area contributed by atoms with Crippen molar-refractivity contribution in [3.8, 4) is 17.6 Å². The standard InChI is InChI=1S/C13H16N2O3/c1-9(6-14)7-15(2)8-13(18)10-3-4-11(16)12(17)5-10/h3-5,9,16-17H,7-8H2,1-2H3. The predicted octanol–water partition coefficient (Wildman–Crippen LogP) is 1.37. The van der Waals surface area contributed by atoms with Crippen LogP contribution in [0.5, 0.6) is 11.5 Å². The number of rotatable bonds is 5. The number of benzene rings is 1. The van der Waals surface area contributed by atoms with Gasteiger partial charge in [0, 0.05) is 12.1 Å². The monoisotopic (exact) mass is 248 g/mol. The van der Waals surface area contributed by atoms with Gasteiger partial charge in [-0.25, -0.2) is 0 Å². The summed E-state index contributed by atoms with van der Waals surface area (Å²) in [5, 5.41) is 27.1. The molecular weight excluding hydrogens is 232 g/mol. The molecule has 5 nitrogen and oxygen atoms in total. The van der Waals surface area contributed by atoms with Crippen LogP contribution in [0.25, 0.3) is 0 Å². The van der Waals surface area contributed by atoms with Gasteiger partial charge in [-0.1, -0.05) is 0 Å². The highest BCUT2D eigenvalue weighted by molar-refractivity contribution is 5.98. The Bertz CT molecular complexity index is 480. The zero-order chi connectivity index (χ0) is 13.7. The third kappa shape index (κ3) is 3.75. The van der Waals surface area contributed by atoms with Crippen LogP contribution in [-0.2, 0) is 0 Å². The molecule has 0 spiro atoms. The first-order chi connectivity index (χ1) is 8.43. The summed E-state index contributed by atoms with van der Waals surface area (Å²) in [4.78, 5) is 13.6. The zero-order valence-corrected chi connectivity index (χ0v) is 10.4. The fraction of sp³-hybridized carbons (Fsp3) is 0.385. The van der Waals surface area contributed by atoms with E-state index < -0.39 is 0 Å². The molecule has 1 aromatic rings. The van der Waals surface area contributed by atoms with E-state index in [1.54, 1.807) is 18.9 Å². The molecule has 96 valence electrons. The van der Waals surface area contributed by atoms with Gasteiger partial charge in [0.1, 0.15) is 0 Å². The Morgan fingerprint density at radius 2 is 2.11 bits per heavy atom. The molecule has 18 heavy (non-hydrogen) atoms. The van der Waals surface area contributed by atoms with Crippen molar-refractivity contribution in [1.82, 2.24) is 4.90 Å². The maximum atomic E-state index is 11.9. The summed E-state index contributed by atoms with van der Waals surface area (Å²) < 4.78 is 0. The van der Waals surface area contributed by atoms with Gasteiger partial charge in [0.25, 0.3) is 0 Å². The van der Waals surface area contributed by atoms with Gasteiger partial charge >= 0.3 is 0 Å². The number of carbonyl (C=O) groups excluding carboxylic acids is 1. The lowest BCUT2D eigenvalue weighted by Crippen LogP contribution is -2.29. The van der Waals surface area contributed by atoms with Crippen molar-refractivity contribution in [3.05, 3.63) is 23.8 Å². The lowest BCUT2D eigenvalue weighted by molar-refractivity contribution is 0.0942. The number of ketones is 1. The van der Waals surface area contributed by atoms with Gasteiger partial charge in [0.15, 0.2) is 17.3 Å². The molecule has 1 atom stereocenters. The second kappa shape index (κ2) is 6.03. The molecule has 0 aliphatic rings. The SMILES string of the molecule is CC(C#N)CN(C)CC(=O)c1ccc(O)c(O)c1. The molecule has 0 radical (unpaired) electrons. The van der Waals surface area contributed by atoms with Gasteiger partial charge in [-0.05, 0) is 32.2 Å². The van der Waals surface area contributed by atoms with Crippen LogP contribution in [0, 0.1) is 17.2 Å². The molecule has 0 saturated heterocycles. The van der Waals surface area contributed by atoms with Crippen LogP contribution >= 0.6 is 0 Å². The number of aromatic hydroxyl groups is 2. The first kappa shape index (κ1) is 14.0. The van der Waals surface area contributed by atoms with Crippen molar-refractivity contribution in [3.63, 3.8) is 0 Å². The minimum absolute atomic E-state index is 0.143. The molecule has 0 amide bonds. The average molecular weight is 248 g/mol. The number of likely N-dealkylation sites (N-methyl/N-ethyl adjacent to an activating group) is 1. The molecule has 0 aliphatic heterocycles. The van der Waals surface area contributed by atoms with Gasteiger partial charge in [0.2, 0.25) is 0 Å². The lowest BCUT2D eigenvalue weighted by atomic mass is 10.1. The quantitative estimate of drug-likeness (QED) is 0.607. The number of carbonyl (C=O) groups is 1. The van der Waals surface area contributed by atoms with Gasteiger partial charge in [-0.3, -0.25) is 9.69 Å². The molecule has 0 saturated carbocycles. The van der Waals surface area contributed by atoms with E-state index in [0.717, 1.165) is 0 Å². The summed E-state index contributed by atoms with van der Waals surface area (Å²) >= 11 is 0. The molecular formula is C13H16N2O3. The number of Topliss-reactive ketones (excluding diaryl/α,β-unsaturated/α-hetero) is 1. The van der Waals surface area contributed by atoms with Gasteiger partial charge in [-0.2, -0.15) is 5.26 Å². The molecule has 0 bridgehead atoms. The molecule has 1 unspecified atom stereocenters. The zero-order valence-electron chi connectivity index (χ0n) is 10.4. The summed E-state index contributed by atoms with van der Waals surface area (Å²) in [7, 11) is 1.76. The van der Waals surface area contributed by atoms with E-state index in [0.29, 0.717) is 12.1 Å². The van der Waals surface area contributed by atoms with Crippen molar-refractivity contribution >= 4 is 5.78 Å². The number of phenols is 2. The van der Waals surface area contributed by atoms with E-state index in [-0.39, 0.29) is 29.7 Å². The molecule has 1 aromatic carbocycles. The second-order valence-electron chi connectivity index (χ2n) is 4.35. The van der Waals surface area contributed by atoms with Gasteiger partial charge in [0.05, 0.1) is 18.5 Å². The topological polar surface area (TPSA) is 84.6 Å². The molecule has 0 heterocycles. The molecule has 0 aromatic heterocycles. The largest absolute Gasteiger partial charge is 0.504 e. The van der Waals surface area contributed by atoms with E-state index in [4.69, 9.17) is 10.4 Å². The molecule has 0 aliphatic carbocycles. The van der Waals surface area contributed by atoms with Crippen LogP contribution in [-0.4, -0.2) is 41.0 Å². The second-order valence-corrected chi connectivity index (χ2v) is 4.35. The third-order valence-corrected chi connectivity index (χ3v) is 2.52. The highest BCUT2D eigenvalue weighted by Crippen LogP contribution is 2.25. The Balaban J connectivity index is 2.65. The van der Waals surface area contributed by atoms with Crippen molar-refractivity contribution in [2.24, 2.45) is 5.92 Å². The normalized spacial score (nSPS) is 12.1. The Labute approximate surface area is 106 Å². The Morgan fingerprint density at radius 1 is 1.44 bits per heavy atom. The van der Waals surface area contributed by atoms with Gasteiger partial charge < -0.3 is 10.2 Å². The van der Waals surface area contributed by atoms with Crippen LogP contribution < -0.4 is 0 Å². The van der Waals surface area contributed by atoms with Crippen molar-refractivity contribution < 1.29 is 15.0 Å². The maximum absolute atomic E-state index is 11.9. The summed E-state index contributed by atoms with van der Waals surface area (Å²) in [6.07, 6.45) is 0. The fourth-order valence-corrected chi connectivity index (χ4v) is 1.61. The highest BCUT2D eigenvalue weighted by atomic mass is 16.3. The van der Waals surface area contributed by atoms with Crippen LogP contribution in [0.3, 0.4) is 0 Å². The van der Waals surface area contributed by atoms with Crippen molar-refractivity contribution in [2.45, 2.75) is 6.92 Å². The Morgan fingerprint density at radius 3 is 2.67 bits per heavy atom. The summed E-state index contributed by atoms with van der Waals surface area (Å²) in [6, 6.07) is 6.07. The first-order valence-electron chi connectivity index (χ1n) is 5.57. The van der Waals surface area contributed by atoms with E-state index in [9.17, 15) is 9.90 Å². The minimum Gasteiger partial charge on any atom is -0.504 e. The minimum atomic E-state index is -0.311. The van der Waals surface area contributed by atoms with Crippen LogP contribution in [0.1, 0.15) is 17.3 Å². The van der Waals surface area contributed by atoms with Crippen molar-refractivity contribution in [2.75, 3.05) is 20.1 Å². The van der Waals surface area contributed by atoms with Crippen molar-refractivity contribution in [1.29, 1.82) is 5.26 Å². The number of nitriles is 1. The first-order valence-corrected chi connectivity index (χ1v) is 5.57. The summed E-state index contributed by atoms with van der Waals surface area (Å²) in [5.41, 5.74) is 0.335. The number of phenolic OH excluding ortho intramolecular Hbond substituents is 2. The predicted molar refractivity (Wildman–Crippen MR) is 66.4 cm³/mol. The summed E-state index contributed by atoms with van der Waals surface area (Å²) in [5.74, 6) is -0.874. The van der Waals surface area contributed by atoms with E-state index in [1.165, 1.54) is 18.2 Å². The van der Waals surface area contributed by atoms with Gasteiger partial charge in [-0.15, -0.1) is 0 Å². The van der Waals surface area contributed by atoms with E-state index in [1.807, 2.05) is 0 Å². The fourth-order valence-electron chi connectivity index (χ4n) is 1.61. The highest BCUT2D eigenvalue weighted by Gasteiger charge is 2.13. The summed E-state index contributed by atoms with van der Waals surface area (Å²) in [6.45, 7) is 2.45. The number of hydrogen-bond acceptors (Lipinski definition) is 5. The van der Waals surface area contributed by atoms with Crippen LogP contribution in [0.4, 0.5) is 0 Å². The van der Waals surface area contributed by atoms with Crippen LogP contribution in [0.2, 0.25) is 0 Å². The number of hydrogen-bond donors (Lipinski definition) is 2. The maximum Gasteiger partial charge on any atom is 0.176 e. The Kier molecular flexibility index (Phi) is 4.69. The molecule has 0 fully saturated rings. The third-order valence-electron chi connectivity index (χ3n) is 2.52. The smallest absolute Gasteiger partial charge is 0.176 e.